The average Bonchev–Trinajstić information content (AvgIpc) is 2.05. The normalized spacial score (nSPS) is 9.75. The van der Waals surface area contributed by atoms with Crippen molar-refractivity contribution < 1.29 is 9.32 Å². The highest BCUT2D eigenvalue weighted by molar-refractivity contribution is 7.93. The van der Waals surface area contributed by atoms with Gasteiger partial charge in [0.05, 0.1) is 5.69 Å². The van der Waals surface area contributed by atoms with E-state index in [0.29, 0.717) is 5.69 Å². The molecular formula is C7H10N2O2S. The second-order valence-corrected chi connectivity index (χ2v) is 2.51. The Balaban J connectivity index is 2.41. The molecule has 1 rings (SSSR count). The largest absolute Gasteiger partial charge is 0.399 e. The Kier molecular flexibility index (Phi) is 3.72. The fourth-order valence-corrected chi connectivity index (χ4v) is 0.803. The molecule has 3 N–H and O–H groups in total. The SMILES string of the molecule is CSOONc1cccc(N)c1. The summed E-state index contributed by atoms with van der Waals surface area (Å²) in [6, 6.07) is 7.17. The summed E-state index contributed by atoms with van der Waals surface area (Å²) in [5, 5.41) is 0. The Morgan fingerprint density at radius 3 is 3.00 bits per heavy atom. The van der Waals surface area contributed by atoms with E-state index in [1.807, 2.05) is 12.1 Å². The van der Waals surface area contributed by atoms with E-state index in [9.17, 15) is 0 Å². The summed E-state index contributed by atoms with van der Waals surface area (Å²) in [6.45, 7) is 0. The number of hydrogen-bond acceptors (Lipinski definition) is 5. The molecule has 0 atom stereocenters. The van der Waals surface area contributed by atoms with E-state index in [1.165, 1.54) is 0 Å². The Labute approximate surface area is 75.1 Å². The Hall–Kier alpha value is -0.910. The van der Waals surface area contributed by atoms with Crippen molar-refractivity contribution in [2.75, 3.05) is 17.5 Å². The first kappa shape index (κ1) is 9.18. The third-order valence-corrected chi connectivity index (χ3v) is 1.35. The van der Waals surface area contributed by atoms with Crippen molar-refractivity contribution in [3.63, 3.8) is 0 Å². The highest BCUT2D eigenvalue weighted by atomic mass is 32.2. The lowest BCUT2D eigenvalue weighted by molar-refractivity contribution is -0.160. The van der Waals surface area contributed by atoms with Gasteiger partial charge in [0.1, 0.15) is 0 Å². The number of rotatable bonds is 4. The number of nitrogens with two attached hydrogens (primary N) is 1. The van der Waals surface area contributed by atoms with Gasteiger partial charge in [-0.15, -0.1) is 9.32 Å². The first-order chi connectivity index (χ1) is 5.83. The molecule has 0 heterocycles. The summed E-state index contributed by atoms with van der Waals surface area (Å²) in [5.41, 5.74) is 9.51. The minimum Gasteiger partial charge on any atom is -0.399 e. The van der Waals surface area contributed by atoms with Gasteiger partial charge in [0, 0.05) is 24.0 Å². The third-order valence-electron chi connectivity index (χ3n) is 1.15. The minimum absolute atomic E-state index is 0.674. The molecule has 0 unspecified atom stereocenters. The molecule has 66 valence electrons. The van der Waals surface area contributed by atoms with Crippen molar-refractivity contribution in [2.45, 2.75) is 0 Å². The van der Waals surface area contributed by atoms with Gasteiger partial charge < -0.3 is 5.73 Å². The van der Waals surface area contributed by atoms with Crippen molar-refractivity contribution in [3.05, 3.63) is 24.3 Å². The molecule has 0 aliphatic rings. The second-order valence-electron chi connectivity index (χ2n) is 2.05. The Morgan fingerprint density at radius 2 is 2.33 bits per heavy atom. The predicted molar refractivity (Wildman–Crippen MR) is 50.2 cm³/mol. The first-order valence-corrected chi connectivity index (χ1v) is 4.46. The van der Waals surface area contributed by atoms with Crippen molar-refractivity contribution in [2.24, 2.45) is 0 Å². The molecule has 0 saturated heterocycles. The van der Waals surface area contributed by atoms with Gasteiger partial charge in [-0.1, -0.05) is 6.07 Å². The lowest BCUT2D eigenvalue weighted by Gasteiger charge is -2.03. The zero-order valence-corrected chi connectivity index (χ0v) is 7.43. The summed E-state index contributed by atoms with van der Waals surface area (Å²) in [6.07, 6.45) is 1.75. The number of hydrogen-bond donors (Lipinski definition) is 2. The molecule has 5 heteroatoms. The van der Waals surface area contributed by atoms with E-state index in [0.717, 1.165) is 17.7 Å². The Bertz CT molecular complexity index is 245. The van der Waals surface area contributed by atoms with Gasteiger partial charge in [-0.25, -0.2) is 5.48 Å². The van der Waals surface area contributed by atoms with Gasteiger partial charge in [-0.2, -0.15) is 0 Å². The summed E-state index contributed by atoms with van der Waals surface area (Å²) in [5.74, 6) is 0. The molecule has 0 saturated carbocycles. The molecule has 0 bridgehead atoms. The van der Waals surface area contributed by atoms with Gasteiger partial charge in [0.25, 0.3) is 0 Å². The average molecular weight is 186 g/mol. The maximum atomic E-state index is 5.52. The number of nitrogens with one attached hydrogen (secondary N) is 1. The lowest BCUT2D eigenvalue weighted by Crippen LogP contribution is -1.98. The van der Waals surface area contributed by atoms with Crippen LogP contribution in [0.4, 0.5) is 11.4 Å². The molecule has 0 aliphatic heterocycles. The number of anilines is 2. The predicted octanol–water partition coefficient (Wildman–Crippen LogP) is 1.82. The molecule has 0 amide bonds. The van der Waals surface area contributed by atoms with Gasteiger partial charge in [0.2, 0.25) is 0 Å². The van der Waals surface area contributed by atoms with Crippen LogP contribution in [0.3, 0.4) is 0 Å². The number of benzene rings is 1. The number of nitrogen functional groups attached to an aromatic ring is 1. The molecule has 0 aliphatic carbocycles. The molecule has 1 aromatic carbocycles. The molecule has 0 radical (unpaired) electrons. The molecule has 0 spiro atoms. The van der Waals surface area contributed by atoms with E-state index >= 15 is 0 Å². The van der Waals surface area contributed by atoms with Gasteiger partial charge in [-0.3, -0.25) is 0 Å². The molecule has 0 fully saturated rings. The lowest BCUT2D eigenvalue weighted by atomic mass is 10.3. The zero-order valence-electron chi connectivity index (χ0n) is 6.61. The monoisotopic (exact) mass is 186 g/mol. The fraction of sp³-hybridized carbons (Fsp3) is 0.143. The molecule has 1 aromatic rings. The van der Waals surface area contributed by atoms with E-state index in [4.69, 9.17) is 5.73 Å². The van der Waals surface area contributed by atoms with Gasteiger partial charge in [-0.05, 0) is 18.2 Å². The van der Waals surface area contributed by atoms with Crippen LogP contribution in [0.25, 0.3) is 0 Å². The summed E-state index contributed by atoms with van der Waals surface area (Å²) in [7, 11) is 0. The standard InChI is InChI=1S/C7H10N2O2S/c1-12-11-10-9-7-4-2-3-6(8)5-7/h2-5,9H,8H2,1H3. The van der Waals surface area contributed by atoms with Crippen molar-refractivity contribution in [1.29, 1.82) is 0 Å². The van der Waals surface area contributed by atoms with Crippen LogP contribution >= 0.6 is 12.0 Å². The van der Waals surface area contributed by atoms with Crippen molar-refractivity contribution >= 4 is 23.4 Å². The van der Waals surface area contributed by atoms with Crippen molar-refractivity contribution in [3.8, 4) is 0 Å². The zero-order chi connectivity index (χ0) is 8.81. The van der Waals surface area contributed by atoms with E-state index in [1.54, 1.807) is 18.4 Å². The van der Waals surface area contributed by atoms with Gasteiger partial charge >= 0.3 is 0 Å². The summed E-state index contributed by atoms with van der Waals surface area (Å²) >= 11 is 1.11. The second kappa shape index (κ2) is 4.87. The summed E-state index contributed by atoms with van der Waals surface area (Å²) < 4.78 is 4.54. The van der Waals surface area contributed by atoms with Crippen LogP contribution < -0.4 is 11.2 Å². The Morgan fingerprint density at radius 1 is 1.50 bits per heavy atom. The fourth-order valence-electron chi connectivity index (χ4n) is 0.701. The van der Waals surface area contributed by atoms with Crippen LogP contribution in [0, 0.1) is 0 Å². The topological polar surface area (TPSA) is 56.5 Å². The first-order valence-electron chi connectivity index (χ1n) is 3.31. The maximum absolute atomic E-state index is 5.52. The van der Waals surface area contributed by atoms with Crippen LogP contribution in [-0.2, 0) is 9.32 Å². The van der Waals surface area contributed by atoms with E-state index < -0.39 is 0 Å². The molecule has 12 heavy (non-hydrogen) atoms. The maximum Gasteiger partial charge on any atom is 0.0655 e. The van der Waals surface area contributed by atoms with Crippen LogP contribution in [0.2, 0.25) is 0 Å². The van der Waals surface area contributed by atoms with Gasteiger partial charge in [0.15, 0.2) is 0 Å². The highest BCUT2D eigenvalue weighted by Gasteiger charge is 1.91. The van der Waals surface area contributed by atoms with Crippen LogP contribution in [0.15, 0.2) is 24.3 Å². The van der Waals surface area contributed by atoms with Crippen LogP contribution in [0.1, 0.15) is 0 Å². The molecular weight excluding hydrogens is 176 g/mol. The van der Waals surface area contributed by atoms with Crippen molar-refractivity contribution in [1.82, 2.24) is 0 Å². The molecule has 0 aromatic heterocycles. The van der Waals surface area contributed by atoms with Crippen LogP contribution in [-0.4, -0.2) is 6.26 Å². The third kappa shape index (κ3) is 3.00. The minimum atomic E-state index is 0.674. The van der Waals surface area contributed by atoms with E-state index in [2.05, 4.69) is 14.8 Å². The van der Waals surface area contributed by atoms with E-state index in [-0.39, 0.29) is 0 Å². The van der Waals surface area contributed by atoms with Crippen LogP contribution in [0.5, 0.6) is 0 Å². The molecule has 4 nitrogen and oxygen atoms in total. The highest BCUT2D eigenvalue weighted by Crippen LogP contribution is 2.12. The summed E-state index contributed by atoms with van der Waals surface area (Å²) in [4.78, 5) is 4.58. The quantitative estimate of drug-likeness (QED) is 0.247. The smallest absolute Gasteiger partial charge is 0.0655 e.